The number of rotatable bonds is 5. The van der Waals surface area contributed by atoms with Crippen molar-refractivity contribution in [3.05, 3.63) is 23.3 Å². The fraction of sp³-hybridized carbons (Fsp3) is 0.417. The van der Waals surface area contributed by atoms with Gasteiger partial charge in [-0.05, 0) is 30.5 Å². The number of carbonyl (C=O) groups is 1. The summed E-state index contributed by atoms with van der Waals surface area (Å²) in [7, 11) is 1.52. The summed E-state index contributed by atoms with van der Waals surface area (Å²) in [5.74, 6) is -0.406. The van der Waals surface area contributed by atoms with Crippen LogP contribution in [0.1, 0.15) is 35.7 Å². The maximum absolute atomic E-state index is 11.0. The second-order valence-electron chi connectivity index (χ2n) is 3.62. The average molecular weight is 223 g/mol. The van der Waals surface area contributed by atoms with E-state index in [9.17, 15) is 4.79 Å². The lowest BCUT2D eigenvalue weighted by Gasteiger charge is -2.12. The summed E-state index contributed by atoms with van der Waals surface area (Å²) in [5.41, 5.74) is 7.27. The van der Waals surface area contributed by atoms with Crippen molar-refractivity contribution < 1.29 is 14.6 Å². The fourth-order valence-corrected chi connectivity index (χ4v) is 1.64. The van der Waals surface area contributed by atoms with Crippen molar-refractivity contribution in [1.29, 1.82) is 0 Å². The Morgan fingerprint density at radius 2 is 2.19 bits per heavy atom. The molecule has 0 spiro atoms. The molecular formula is C12H17NO3. The lowest BCUT2D eigenvalue weighted by Crippen LogP contribution is -2.07. The van der Waals surface area contributed by atoms with Crippen LogP contribution in [0, 0.1) is 0 Å². The van der Waals surface area contributed by atoms with E-state index < -0.39 is 5.97 Å². The van der Waals surface area contributed by atoms with Crippen LogP contribution >= 0.6 is 0 Å². The molecule has 0 fully saturated rings. The highest BCUT2D eigenvalue weighted by Gasteiger charge is 2.15. The number of aromatic carboxylic acids is 1. The monoisotopic (exact) mass is 223 g/mol. The molecule has 0 saturated heterocycles. The van der Waals surface area contributed by atoms with E-state index in [0.717, 1.165) is 12.8 Å². The average Bonchev–Trinajstić information content (AvgIpc) is 2.26. The maximum Gasteiger partial charge on any atom is 0.336 e. The summed E-state index contributed by atoms with van der Waals surface area (Å²) in [6.07, 6.45) is 2.58. The largest absolute Gasteiger partial charge is 0.495 e. The van der Waals surface area contributed by atoms with Gasteiger partial charge >= 0.3 is 5.97 Å². The third-order valence-electron chi connectivity index (χ3n) is 2.55. The molecule has 0 aliphatic rings. The van der Waals surface area contributed by atoms with Gasteiger partial charge in [0.15, 0.2) is 0 Å². The number of nitrogen functional groups attached to an aromatic ring is 1. The van der Waals surface area contributed by atoms with E-state index in [-0.39, 0.29) is 5.56 Å². The zero-order chi connectivity index (χ0) is 12.1. The Morgan fingerprint density at radius 3 is 2.69 bits per heavy atom. The number of anilines is 1. The van der Waals surface area contributed by atoms with Gasteiger partial charge in [-0.1, -0.05) is 13.3 Å². The van der Waals surface area contributed by atoms with Crippen LogP contribution in [0.15, 0.2) is 12.1 Å². The summed E-state index contributed by atoms with van der Waals surface area (Å²) < 4.78 is 5.08. The van der Waals surface area contributed by atoms with E-state index in [1.54, 1.807) is 12.1 Å². The summed E-state index contributed by atoms with van der Waals surface area (Å²) in [4.78, 5) is 11.0. The third kappa shape index (κ3) is 2.45. The van der Waals surface area contributed by atoms with Crippen LogP contribution in [0.4, 0.5) is 5.69 Å². The number of benzene rings is 1. The van der Waals surface area contributed by atoms with Crippen molar-refractivity contribution in [3.63, 3.8) is 0 Å². The number of methoxy groups -OCH3 is 1. The number of carboxylic acid groups (broad SMARTS) is 1. The topological polar surface area (TPSA) is 72.5 Å². The molecule has 1 rings (SSSR count). The standard InChI is InChI=1S/C12H17NO3/c1-3-4-5-8-9(12(14)15)6-7-10(16-2)11(8)13/h6-7H,3-5,13H2,1-2H3,(H,14,15). The first-order valence-electron chi connectivity index (χ1n) is 5.30. The summed E-state index contributed by atoms with van der Waals surface area (Å²) in [5, 5.41) is 9.06. The molecule has 0 saturated carbocycles. The molecule has 16 heavy (non-hydrogen) atoms. The Labute approximate surface area is 95.0 Å². The maximum atomic E-state index is 11.0. The zero-order valence-electron chi connectivity index (χ0n) is 9.62. The molecule has 0 bridgehead atoms. The van der Waals surface area contributed by atoms with Gasteiger partial charge in [0.1, 0.15) is 5.75 Å². The SMILES string of the molecule is CCCCc1c(C(=O)O)ccc(OC)c1N. The van der Waals surface area contributed by atoms with Gasteiger partial charge in [-0.2, -0.15) is 0 Å². The lowest BCUT2D eigenvalue weighted by atomic mass is 9.99. The Bertz CT molecular complexity index is 388. The zero-order valence-corrected chi connectivity index (χ0v) is 9.62. The molecule has 3 N–H and O–H groups in total. The molecule has 0 unspecified atom stereocenters. The molecule has 0 radical (unpaired) electrons. The number of hydrogen-bond acceptors (Lipinski definition) is 3. The Balaban J connectivity index is 3.19. The molecule has 1 aromatic rings. The molecule has 0 amide bonds. The van der Waals surface area contributed by atoms with Crippen LogP contribution in [-0.4, -0.2) is 18.2 Å². The first-order valence-corrected chi connectivity index (χ1v) is 5.30. The van der Waals surface area contributed by atoms with Gasteiger partial charge in [-0.15, -0.1) is 0 Å². The van der Waals surface area contributed by atoms with Gasteiger partial charge in [0.2, 0.25) is 0 Å². The van der Waals surface area contributed by atoms with Gasteiger partial charge in [0, 0.05) is 0 Å². The van der Waals surface area contributed by atoms with Crippen LogP contribution in [-0.2, 0) is 6.42 Å². The van der Waals surface area contributed by atoms with Crippen LogP contribution < -0.4 is 10.5 Å². The molecule has 4 heteroatoms. The fourth-order valence-electron chi connectivity index (χ4n) is 1.64. The second kappa shape index (κ2) is 5.39. The van der Waals surface area contributed by atoms with Gasteiger partial charge in [0.05, 0.1) is 18.4 Å². The van der Waals surface area contributed by atoms with Crippen molar-refractivity contribution in [2.24, 2.45) is 0 Å². The van der Waals surface area contributed by atoms with E-state index in [2.05, 4.69) is 6.92 Å². The van der Waals surface area contributed by atoms with Gasteiger partial charge < -0.3 is 15.6 Å². The van der Waals surface area contributed by atoms with Gasteiger partial charge in [0.25, 0.3) is 0 Å². The smallest absolute Gasteiger partial charge is 0.336 e. The van der Waals surface area contributed by atoms with Crippen molar-refractivity contribution in [2.75, 3.05) is 12.8 Å². The van der Waals surface area contributed by atoms with E-state index in [4.69, 9.17) is 15.6 Å². The van der Waals surface area contributed by atoms with Gasteiger partial charge in [-0.25, -0.2) is 4.79 Å². The van der Waals surface area contributed by atoms with E-state index >= 15 is 0 Å². The highest BCUT2D eigenvalue weighted by Crippen LogP contribution is 2.29. The number of unbranched alkanes of at least 4 members (excludes halogenated alkanes) is 1. The predicted molar refractivity (Wildman–Crippen MR) is 63.0 cm³/mol. The van der Waals surface area contributed by atoms with Crippen molar-refractivity contribution in [3.8, 4) is 5.75 Å². The molecular weight excluding hydrogens is 206 g/mol. The van der Waals surface area contributed by atoms with E-state index in [0.29, 0.717) is 23.4 Å². The summed E-state index contributed by atoms with van der Waals surface area (Å²) >= 11 is 0. The third-order valence-corrected chi connectivity index (χ3v) is 2.55. The molecule has 1 aromatic carbocycles. The van der Waals surface area contributed by atoms with Crippen LogP contribution in [0.2, 0.25) is 0 Å². The van der Waals surface area contributed by atoms with Crippen LogP contribution in [0.5, 0.6) is 5.75 Å². The van der Waals surface area contributed by atoms with E-state index in [1.807, 2.05) is 0 Å². The molecule has 0 aliphatic carbocycles. The molecule has 0 aliphatic heterocycles. The minimum atomic E-state index is -0.944. The molecule has 0 aromatic heterocycles. The van der Waals surface area contributed by atoms with Crippen molar-refractivity contribution in [1.82, 2.24) is 0 Å². The number of carboxylic acids is 1. The highest BCUT2D eigenvalue weighted by atomic mass is 16.5. The van der Waals surface area contributed by atoms with Crippen LogP contribution in [0.25, 0.3) is 0 Å². The predicted octanol–water partition coefficient (Wildman–Crippen LogP) is 2.32. The minimum absolute atomic E-state index is 0.270. The molecule has 0 heterocycles. The highest BCUT2D eigenvalue weighted by molar-refractivity contribution is 5.92. The second-order valence-corrected chi connectivity index (χ2v) is 3.62. The van der Waals surface area contributed by atoms with Gasteiger partial charge in [-0.3, -0.25) is 0 Å². The molecule has 0 atom stereocenters. The summed E-state index contributed by atoms with van der Waals surface area (Å²) in [6.45, 7) is 2.05. The Kier molecular flexibility index (Phi) is 4.17. The lowest BCUT2D eigenvalue weighted by molar-refractivity contribution is 0.0695. The summed E-state index contributed by atoms with van der Waals surface area (Å²) in [6, 6.07) is 3.14. The Morgan fingerprint density at radius 1 is 1.50 bits per heavy atom. The number of ether oxygens (including phenoxy) is 1. The normalized spacial score (nSPS) is 10.1. The molecule has 4 nitrogen and oxygen atoms in total. The van der Waals surface area contributed by atoms with Crippen molar-refractivity contribution >= 4 is 11.7 Å². The Hall–Kier alpha value is -1.71. The first-order chi connectivity index (χ1) is 7.61. The molecule has 88 valence electrons. The minimum Gasteiger partial charge on any atom is -0.495 e. The number of hydrogen-bond donors (Lipinski definition) is 2. The number of nitrogens with two attached hydrogens (primary N) is 1. The first kappa shape index (κ1) is 12.4. The van der Waals surface area contributed by atoms with E-state index in [1.165, 1.54) is 7.11 Å². The quantitative estimate of drug-likeness (QED) is 0.751. The van der Waals surface area contributed by atoms with Crippen molar-refractivity contribution in [2.45, 2.75) is 26.2 Å². The van der Waals surface area contributed by atoms with Crippen LogP contribution in [0.3, 0.4) is 0 Å².